The summed E-state index contributed by atoms with van der Waals surface area (Å²) < 4.78 is 2.04. The zero-order chi connectivity index (χ0) is 13.7. The summed E-state index contributed by atoms with van der Waals surface area (Å²) in [7, 11) is 0. The summed E-state index contributed by atoms with van der Waals surface area (Å²) in [5.74, 6) is 1.79. The molecule has 3 heterocycles. The zero-order valence-electron chi connectivity index (χ0n) is 11.6. The normalized spacial score (nSPS) is 18.8. The minimum atomic E-state index is 0.788. The van der Waals surface area contributed by atoms with Gasteiger partial charge in [0.2, 0.25) is 0 Å². The molecule has 20 heavy (non-hydrogen) atoms. The van der Waals surface area contributed by atoms with Crippen molar-refractivity contribution >= 4 is 39.0 Å². The number of hydrogen-bond acceptors (Lipinski definition) is 5. The van der Waals surface area contributed by atoms with E-state index >= 15 is 0 Å². The second-order valence-electron chi connectivity index (χ2n) is 5.39. The number of aryl methyl sites for hydroxylation is 1. The molecule has 1 aliphatic rings. The van der Waals surface area contributed by atoms with Crippen molar-refractivity contribution in [2.75, 3.05) is 5.75 Å². The predicted molar refractivity (Wildman–Crippen MR) is 83.8 cm³/mol. The van der Waals surface area contributed by atoms with Gasteiger partial charge in [-0.05, 0) is 36.5 Å². The molecular weight excluding hydrogens is 288 g/mol. The van der Waals surface area contributed by atoms with E-state index in [0.717, 1.165) is 33.7 Å². The lowest BCUT2D eigenvalue weighted by Gasteiger charge is -2.17. The van der Waals surface area contributed by atoms with Crippen molar-refractivity contribution < 1.29 is 0 Å². The van der Waals surface area contributed by atoms with E-state index in [1.165, 1.54) is 28.7 Å². The van der Waals surface area contributed by atoms with Crippen molar-refractivity contribution in [2.24, 2.45) is 5.92 Å². The second-order valence-corrected chi connectivity index (χ2v) is 7.70. The summed E-state index contributed by atoms with van der Waals surface area (Å²) in [4.78, 5) is 7.27. The van der Waals surface area contributed by atoms with Gasteiger partial charge in [0.25, 0.3) is 0 Å². The molecule has 0 unspecified atom stereocenters. The van der Waals surface area contributed by atoms with Crippen LogP contribution in [0.4, 0.5) is 0 Å². The van der Waals surface area contributed by atoms with Crippen molar-refractivity contribution in [2.45, 2.75) is 38.3 Å². The van der Waals surface area contributed by atoms with E-state index < -0.39 is 0 Å². The molecule has 0 fully saturated rings. The fraction of sp³-hybridized carbons (Fsp3) is 0.500. The van der Waals surface area contributed by atoms with E-state index in [4.69, 9.17) is 0 Å². The first-order valence-electron chi connectivity index (χ1n) is 7.04. The first-order chi connectivity index (χ1) is 9.78. The first-order valence-corrected chi connectivity index (χ1v) is 8.85. The van der Waals surface area contributed by atoms with Crippen molar-refractivity contribution in [3.05, 3.63) is 16.8 Å². The molecule has 0 aliphatic heterocycles. The van der Waals surface area contributed by atoms with E-state index in [1.807, 2.05) is 22.1 Å². The summed E-state index contributed by atoms with van der Waals surface area (Å²) in [6.45, 7) is 4.47. The Hall–Kier alpha value is -1.14. The lowest BCUT2D eigenvalue weighted by atomic mass is 9.89. The molecule has 104 valence electrons. The lowest BCUT2D eigenvalue weighted by Crippen LogP contribution is -2.08. The van der Waals surface area contributed by atoms with Gasteiger partial charge in [-0.25, -0.2) is 4.98 Å². The molecule has 0 N–H and O–H groups in total. The average Bonchev–Trinajstić information content (AvgIpc) is 2.99. The number of nitrogens with zero attached hydrogens (tertiary/aromatic N) is 4. The molecule has 3 aromatic heterocycles. The summed E-state index contributed by atoms with van der Waals surface area (Å²) >= 11 is 3.56. The standard InChI is InChI=1S/C14H16N4S2/c1-3-19-14-17-16-12-11-9-5-4-8(2)6-10(9)20-13(11)15-7-18(12)14/h7-8H,3-6H2,1-2H3/t8-/m1/s1. The minimum absolute atomic E-state index is 0.788. The Bertz CT molecular complexity index is 789. The molecule has 1 atom stereocenters. The molecule has 0 saturated carbocycles. The molecule has 0 amide bonds. The minimum Gasteiger partial charge on any atom is -0.260 e. The Morgan fingerprint density at radius 1 is 1.45 bits per heavy atom. The Morgan fingerprint density at radius 3 is 3.20 bits per heavy atom. The number of rotatable bonds is 2. The molecule has 0 spiro atoms. The number of thioether (sulfide) groups is 1. The number of aromatic nitrogens is 4. The third-order valence-electron chi connectivity index (χ3n) is 3.95. The maximum absolute atomic E-state index is 4.64. The molecular formula is C14H16N4S2. The zero-order valence-corrected chi connectivity index (χ0v) is 13.2. The molecule has 1 aliphatic carbocycles. The van der Waals surface area contributed by atoms with Gasteiger partial charge in [-0.1, -0.05) is 25.6 Å². The van der Waals surface area contributed by atoms with Gasteiger partial charge >= 0.3 is 0 Å². The highest BCUT2D eigenvalue weighted by Gasteiger charge is 2.23. The van der Waals surface area contributed by atoms with Crippen LogP contribution < -0.4 is 0 Å². The van der Waals surface area contributed by atoms with E-state index in [2.05, 4.69) is 29.0 Å². The van der Waals surface area contributed by atoms with Crippen LogP contribution in [-0.4, -0.2) is 25.3 Å². The first kappa shape index (κ1) is 12.6. The van der Waals surface area contributed by atoms with Crippen molar-refractivity contribution in [3.63, 3.8) is 0 Å². The monoisotopic (exact) mass is 304 g/mol. The quantitative estimate of drug-likeness (QED) is 0.679. The molecule has 4 rings (SSSR count). The highest BCUT2D eigenvalue weighted by Crippen LogP contribution is 2.38. The molecule has 0 radical (unpaired) electrons. The van der Waals surface area contributed by atoms with Crippen LogP contribution in [0.1, 0.15) is 30.7 Å². The van der Waals surface area contributed by atoms with Gasteiger partial charge in [0.1, 0.15) is 11.2 Å². The molecule has 0 saturated heterocycles. The Morgan fingerprint density at radius 2 is 2.35 bits per heavy atom. The third kappa shape index (κ3) is 1.78. The van der Waals surface area contributed by atoms with Gasteiger partial charge in [-0.3, -0.25) is 4.40 Å². The van der Waals surface area contributed by atoms with Gasteiger partial charge in [0, 0.05) is 4.88 Å². The summed E-state index contributed by atoms with van der Waals surface area (Å²) in [6.07, 6.45) is 5.49. The van der Waals surface area contributed by atoms with Gasteiger partial charge < -0.3 is 0 Å². The highest BCUT2D eigenvalue weighted by molar-refractivity contribution is 7.99. The second kappa shape index (κ2) is 4.70. The van der Waals surface area contributed by atoms with Crippen LogP contribution in [0.5, 0.6) is 0 Å². The van der Waals surface area contributed by atoms with Gasteiger partial charge in [-0.15, -0.1) is 21.5 Å². The van der Waals surface area contributed by atoms with E-state index in [1.54, 1.807) is 11.8 Å². The predicted octanol–water partition coefficient (Wildman–Crippen LogP) is 3.58. The van der Waals surface area contributed by atoms with Crippen LogP contribution in [0.2, 0.25) is 0 Å². The smallest absolute Gasteiger partial charge is 0.196 e. The van der Waals surface area contributed by atoms with Gasteiger partial charge in [0.15, 0.2) is 10.8 Å². The number of thiophene rings is 1. The molecule has 0 bridgehead atoms. The van der Waals surface area contributed by atoms with Crippen LogP contribution in [0.3, 0.4) is 0 Å². The third-order valence-corrected chi connectivity index (χ3v) is 5.93. The maximum atomic E-state index is 4.64. The molecule has 3 aromatic rings. The van der Waals surface area contributed by atoms with E-state index in [-0.39, 0.29) is 0 Å². The Kier molecular flexibility index (Phi) is 2.96. The van der Waals surface area contributed by atoms with Crippen molar-refractivity contribution in [1.29, 1.82) is 0 Å². The van der Waals surface area contributed by atoms with Gasteiger partial charge in [0.05, 0.1) is 5.39 Å². The molecule has 4 nitrogen and oxygen atoms in total. The average molecular weight is 304 g/mol. The largest absolute Gasteiger partial charge is 0.260 e. The topological polar surface area (TPSA) is 43.1 Å². The van der Waals surface area contributed by atoms with Crippen LogP contribution in [0.15, 0.2) is 11.5 Å². The lowest BCUT2D eigenvalue weighted by molar-refractivity contribution is 0.509. The van der Waals surface area contributed by atoms with Crippen LogP contribution in [0.25, 0.3) is 15.9 Å². The fourth-order valence-corrected chi connectivity index (χ4v) is 4.92. The molecule has 0 aromatic carbocycles. The van der Waals surface area contributed by atoms with E-state index in [9.17, 15) is 0 Å². The van der Waals surface area contributed by atoms with Crippen LogP contribution in [-0.2, 0) is 12.8 Å². The van der Waals surface area contributed by atoms with Crippen LogP contribution >= 0.6 is 23.1 Å². The van der Waals surface area contributed by atoms with Gasteiger partial charge in [-0.2, -0.15) is 0 Å². The van der Waals surface area contributed by atoms with Crippen molar-refractivity contribution in [3.8, 4) is 0 Å². The number of fused-ring (bicyclic) bond motifs is 5. The highest BCUT2D eigenvalue weighted by atomic mass is 32.2. The molecule has 6 heteroatoms. The maximum Gasteiger partial charge on any atom is 0.196 e. The fourth-order valence-electron chi connectivity index (χ4n) is 2.95. The van der Waals surface area contributed by atoms with E-state index in [0.29, 0.717) is 0 Å². The van der Waals surface area contributed by atoms with Crippen molar-refractivity contribution in [1.82, 2.24) is 19.6 Å². The Labute approximate surface area is 125 Å². The summed E-state index contributed by atoms with van der Waals surface area (Å²) in [5.41, 5.74) is 2.46. The summed E-state index contributed by atoms with van der Waals surface area (Å²) in [5, 5.41) is 10.9. The Balaban J connectivity index is 1.99. The number of hydrogen-bond donors (Lipinski definition) is 0. The van der Waals surface area contributed by atoms with Crippen LogP contribution in [0, 0.1) is 5.92 Å². The SMILES string of the molecule is CCSc1nnc2c3c4c(sc3ncn12)C[C@H](C)CC4. The summed E-state index contributed by atoms with van der Waals surface area (Å²) in [6, 6.07) is 0.